The van der Waals surface area contributed by atoms with E-state index in [4.69, 9.17) is 0 Å². The van der Waals surface area contributed by atoms with Gasteiger partial charge in [-0.15, -0.1) is 0 Å². The first-order valence-corrected chi connectivity index (χ1v) is 35.5. The van der Waals surface area contributed by atoms with E-state index in [0.717, 1.165) is 135 Å². The number of aryl methyl sites for hydroxylation is 1. The first kappa shape index (κ1) is 64.7. The number of halogens is 3. The fourth-order valence-electron chi connectivity index (χ4n) is 15.7. The van der Waals surface area contributed by atoms with Crippen molar-refractivity contribution < 1.29 is 13.2 Å². The molecule has 0 N–H and O–H groups in total. The Kier molecular flexibility index (Phi) is 16.6. The normalized spacial score (nSPS) is 12.3. The minimum absolute atomic E-state index is 0.425. The molecule has 0 radical (unpaired) electrons. The Labute approximate surface area is 607 Å². The Morgan fingerprint density at radius 2 is 0.510 bits per heavy atom. The molecule has 0 bridgehead atoms. The number of hydrogen-bond acceptors (Lipinski definition) is 4. The van der Waals surface area contributed by atoms with Crippen molar-refractivity contribution in [2.45, 2.75) is 39.3 Å². The third-order valence-corrected chi connectivity index (χ3v) is 20.3. The van der Waals surface area contributed by atoms with E-state index in [1.807, 2.05) is 72.8 Å². The summed E-state index contributed by atoms with van der Waals surface area (Å²) in [6.07, 6.45) is -4.73. The van der Waals surface area contributed by atoms with Gasteiger partial charge in [-0.2, -0.15) is 13.2 Å². The van der Waals surface area contributed by atoms with E-state index in [1.54, 1.807) is 0 Å². The van der Waals surface area contributed by atoms with Crippen LogP contribution in [0.15, 0.2) is 364 Å². The van der Waals surface area contributed by atoms with Gasteiger partial charge in [0.25, 0.3) is 6.71 Å². The molecule has 2 aliphatic rings. The lowest BCUT2D eigenvalue weighted by Gasteiger charge is -2.48. The number of alkyl halides is 3. The van der Waals surface area contributed by atoms with E-state index < -0.39 is 23.9 Å². The molecule has 15 aromatic rings. The van der Waals surface area contributed by atoms with Crippen molar-refractivity contribution in [3.8, 4) is 66.8 Å². The average Bonchev–Trinajstić information content (AvgIpc) is 0.677. The second kappa shape index (κ2) is 26.7. The molecule has 0 aliphatic carbocycles. The van der Waals surface area contributed by atoms with Gasteiger partial charge in [0.15, 0.2) is 0 Å². The number of anilines is 12. The standard InChI is InChI=1S/C96H72BF3N4/c1-65-55-82(68-39-19-7-20-40-68)93(83(56-65)69-41-21-8-22-42-69)103-86-59-72(95(2,3)4)60-87-92(86)97(90-80(66-35-15-5-16-36-66)61-78(63-88(90)103)101(74-47-27-11-28-48-74)75-49-29-12-30-50-75)91-81(67-37-17-6-18-38-67)62-79(102(76-51-31-13-32-52-76)77-53-33-14-34-54-77)64-89(91)104(87)94-84(70-43-23-9-24-44-70)57-73(96(98,99)100)58-85(94)71-45-25-10-26-46-71/h5-64H,1-4H3. The topological polar surface area (TPSA) is 13.0 Å². The first-order chi connectivity index (χ1) is 50.8. The maximum absolute atomic E-state index is 16.4. The molecule has 0 saturated heterocycles. The van der Waals surface area contributed by atoms with Crippen LogP contribution in [0.5, 0.6) is 0 Å². The SMILES string of the molecule is Cc1cc(-c2ccccc2)c(N2c3cc(N(c4ccccc4)c4ccccc4)cc(-c4ccccc4)c3B3c4c(-c5ccccc5)cc(N(c5ccccc5)c5ccccc5)cc4N(c4c(-c5ccccc5)cc(C(F)(F)F)cc4-c4ccccc4)c4cc(C(C)(C)C)cc2c43)c(-c2ccccc2)c1. The van der Waals surface area contributed by atoms with Gasteiger partial charge in [0, 0.05) is 79.1 Å². The molecule has 104 heavy (non-hydrogen) atoms. The highest BCUT2D eigenvalue weighted by Gasteiger charge is 2.49. The van der Waals surface area contributed by atoms with E-state index in [-0.39, 0.29) is 0 Å². The zero-order valence-electron chi connectivity index (χ0n) is 58.1. The van der Waals surface area contributed by atoms with Crippen molar-refractivity contribution in [1.82, 2.24) is 0 Å². The van der Waals surface area contributed by atoms with E-state index in [9.17, 15) is 0 Å². The maximum atomic E-state index is 16.4. The molecule has 17 rings (SSSR count). The minimum atomic E-state index is -4.73. The van der Waals surface area contributed by atoms with Crippen LogP contribution in [0.3, 0.4) is 0 Å². The van der Waals surface area contributed by atoms with Crippen LogP contribution < -0.4 is 36.0 Å². The summed E-state index contributed by atoms with van der Waals surface area (Å²) < 4.78 is 49.1. The summed E-state index contributed by atoms with van der Waals surface area (Å²) in [5, 5.41) is 0. The van der Waals surface area contributed by atoms with Crippen LogP contribution in [-0.2, 0) is 11.6 Å². The summed E-state index contributed by atoms with van der Waals surface area (Å²) in [5.74, 6) is 0. The molecule has 0 spiro atoms. The third kappa shape index (κ3) is 11.8. The average molecular weight is 1350 g/mol. The monoisotopic (exact) mass is 1350 g/mol. The number of para-hydroxylation sites is 4. The van der Waals surface area contributed by atoms with Crippen LogP contribution in [0.4, 0.5) is 81.4 Å². The van der Waals surface area contributed by atoms with Crippen molar-refractivity contribution in [3.63, 3.8) is 0 Å². The molecule has 0 fully saturated rings. The van der Waals surface area contributed by atoms with Gasteiger partial charge < -0.3 is 19.6 Å². The van der Waals surface area contributed by atoms with Gasteiger partial charge in [0.2, 0.25) is 0 Å². The van der Waals surface area contributed by atoms with Gasteiger partial charge in [-0.3, -0.25) is 0 Å². The van der Waals surface area contributed by atoms with Gasteiger partial charge in [-0.25, -0.2) is 0 Å². The lowest BCUT2D eigenvalue weighted by molar-refractivity contribution is -0.137. The molecule has 8 heteroatoms. The molecule has 0 atom stereocenters. The van der Waals surface area contributed by atoms with Gasteiger partial charge in [-0.05, 0) is 194 Å². The highest BCUT2D eigenvalue weighted by molar-refractivity contribution is 7.02. The van der Waals surface area contributed by atoms with Gasteiger partial charge >= 0.3 is 6.18 Å². The third-order valence-electron chi connectivity index (χ3n) is 20.3. The quantitative estimate of drug-likeness (QED) is 0.101. The lowest BCUT2D eigenvalue weighted by Crippen LogP contribution is -2.62. The molecule has 0 amide bonds. The number of nitrogens with zero attached hydrogens (tertiary/aromatic N) is 4. The number of fused-ring (bicyclic) bond motifs is 4. The maximum Gasteiger partial charge on any atom is 0.416 e. The van der Waals surface area contributed by atoms with Crippen LogP contribution in [0.1, 0.15) is 37.5 Å². The van der Waals surface area contributed by atoms with Crippen molar-refractivity contribution in [1.29, 1.82) is 0 Å². The van der Waals surface area contributed by atoms with Crippen molar-refractivity contribution in [2.75, 3.05) is 19.6 Å². The minimum Gasteiger partial charge on any atom is -0.310 e. The Morgan fingerprint density at radius 1 is 0.260 bits per heavy atom. The zero-order valence-corrected chi connectivity index (χ0v) is 58.1. The van der Waals surface area contributed by atoms with Gasteiger partial charge in [0.1, 0.15) is 0 Å². The number of hydrogen-bond donors (Lipinski definition) is 0. The Hall–Kier alpha value is -12.6. The number of rotatable bonds is 14. The molecule has 0 saturated carbocycles. The fourth-order valence-corrected chi connectivity index (χ4v) is 15.7. The van der Waals surface area contributed by atoms with Crippen molar-refractivity contribution in [2.24, 2.45) is 0 Å². The molecule has 2 aliphatic heterocycles. The predicted molar refractivity (Wildman–Crippen MR) is 431 cm³/mol. The Balaban J connectivity index is 1.14. The highest BCUT2D eigenvalue weighted by atomic mass is 19.4. The number of benzene rings is 15. The highest BCUT2D eigenvalue weighted by Crippen LogP contribution is 2.57. The van der Waals surface area contributed by atoms with E-state index in [0.29, 0.717) is 27.9 Å². The molecular weight excluding hydrogens is 1280 g/mol. The van der Waals surface area contributed by atoms with Crippen LogP contribution >= 0.6 is 0 Å². The Bertz CT molecular complexity index is 5430. The van der Waals surface area contributed by atoms with Crippen molar-refractivity contribution in [3.05, 3.63) is 381 Å². The molecule has 0 aromatic heterocycles. The largest absolute Gasteiger partial charge is 0.416 e. The van der Waals surface area contributed by atoms with E-state index in [2.05, 4.69) is 326 Å². The molecule has 4 nitrogen and oxygen atoms in total. The second-order valence-electron chi connectivity index (χ2n) is 28.0. The molecule has 15 aromatic carbocycles. The van der Waals surface area contributed by atoms with Crippen LogP contribution in [0.2, 0.25) is 0 Å². The van der Waals surface area contributed by atoms with Crippen molar-refractivity contribution >= 4 is 91.3 Å². The summed E-state index contributed by atoms with van der Waals surface area (Å²) >= 11 is 0. The molecule has 2 heterocycles. The first-order valence-electron chi connectivity index (χ1n) is 35.5. The summed E-state index contributed by atoms with van der Waals surface area (Å²) in [4.78, 5) is 9.66. The molecular formula is C96H72BF3N4. The summed E-state index contributed by atoms with van der Waals surface area (Å²) in [6, 6.07) is 126. The summed E-state index contributed by atoms with van der Waals surface area (Å²) in [6.45, 7) is 8.43. The summed E-state index contributed by atoms with van der Waals surface area (Å²) in [7, 11) is 0. The second-order valence-corrected chi connectivity index (χ2v) is 28.0. The van der Waals surface area contributed by atoms with Crippen LogP contribution in [-0.4, -0.2) is 6.71 Å². The lowest BCUT2D eigenvalue weighted by atomic mass is 9.31. The van der Waals surface area contributed by atoms with E-state index in [1.165, 1.54) is 12.1 Å². The van der Waals surface area contributed by atoms with Gasteiger partial charge in [-0.1, -0.05) is 276 Å². The zero-order chi connectivity index (χ0) is 70.6. The predicted octanol–water partition coefficient (Wildman–Crippen LogP) is 25.3. The molecule has 0 unspecified atom stereocenters. The molecule has 500 valence electrons. The van der Waals surface area contributed by atoms with E-state index >= 15 is 13.2 Å². The van der Waals surface area contributed by atoms with Crippen LogP contribution in [0, 0.1) is 6.92 Å². The Morgan fingerprint density at radius 3 is 0.779 bits per heavy atom. The van der Waals surface area contributed by atoms with Crippen LogP contribution in [0.25, 0.3) is 66.8 Å². The van der Waals surface area contributed by atoms with Gasteiger partial charge in [0.05, 0.1) is 16.9 Å². The fraction of sp³-hybridized carbons (Fsp3) is 0.0625. The smallest absolute Gasteiger partial charge is 0.310 e. The summed E-state index contributed by atoms with van der Waals surface area (Å²) in [5.41, 5.74) is 24.9.